The van der Waals surface area contributed by atoms with Crippen molar-refractivity contribution in [3.8, 4) is 0 Å². The summed E-state index contributed by atoms with van der Waals surface area (Å²) in [6.45, 7) is 6.53. The highest BCUT2D eigenvalue weighted by atomic mass is 79.9. The molecule has 1 aliphatic rings. The molecule has 1 saturated heterocycles. The van der Waals surface area contributed by atoms with Gasteiger partial charge in [0, 0.05) is 30.4 Å². The van der Waals surface area contributed by atoms with Crippen LogP contribution in [0.25, 0.3) is 10.9 Å². The summed E-state index contributed by atoms with van der Waals surface area (Å²) in [4.78, 5) is 2.59. The van der Waals surface area contributed by atoms with Gasteiger partial charge in [-0.25, -0.2) is 0 Å². The minimum absolute atomic E-state index is 0.845. The molecule has 1 aromatic carbocycles. The zero-order valence-corrected chi connectivity index (χ0v) is 14.3. The maximum absolute atomic E-state index is 4.84. The highest BCUT2D eigenvalue weighted by Gasteiger charge is 2.21. The Bertz CT molecular complexity index is 591. The van der Waals surface area contributed by atoms with E-state index in [0.717, 1.165) is 24.3 Å². The molecular formula is C17H24BrN3. The molecule has 3 nitrogen and oxygen atoms in total. The Morgan fingerprint density at radius 1 is 1.33 bits per heavy atom. The van der Waals surface area contributed by atoms with Crippen LogP contribution in [0.15, 0.2) is 24.3 Å². The molecule has 0 amide bonds. The molecule has 2 aromatic rings. The van der Waals surface area contributed by atoms with Crippen molar-refractivity contribution in [2.75, 3.05) is 18.4 Å². The van der Waals surface area contributed by atoms with Crippen molar-refractivity contribution in [2.45, 2.75) is 39.3 Å². The summed E-state index contributed by atoms with van der Waals surface area (Å²) in [5, 5.41) is 7.28. The quantitative estimate of drug-likeness (QED) is 0.759. The van der Waals surface area contributed by atoms with Crippen LogP contribution in [0.3, 0.4) is 0 Å². The molecule has 3 rings (SSSR count). The van der Waals surface area contributed by atoms with E-state index in [9.17, 15) is 0 Å². The average Bonchev–Trinajstić information content (AvgIpc) is 2.86. The van der Waals surface area contributed by atoms with Gasteiger partial charge in [0.05, 0.1) is 11.2 Å². The highest BCUT2D eigenvalue weighted by molar-refractivity contribution is 9.09. The number of aromatic nitrogens is 2. The Labute approximate surface area is 135 Å². The number of halogens is 1. The van der Waals surface area contributed by atoms with E-state index < -0.39 is 0 Å². The van der Waals surface area contributed by atoms with Crippen LogP contribution in [0.1, 0.15) is 31.9 Å². The first-order valence-electron chi connectivity index (χ1n) is 8.04. The molecule has 1 unspecified atom stereocenters. The Morgan fingerprint density at radius 3 is 3.00 bits per heavy atom. The molecule has 0 saturated carbocycles. The zero-order valence-electron chi connectivity index (χ0n) is 12.8. The number of benzene rings is 1. The van der Waals surface area contributed by atoms with Crippen LogP contribution >= 0.6 is 15.9 Å². The van der Waals surface area contributed by atoms with Gasteiger partial charge in [0.1, 0.15) is 0 Å². The highest BCUT2D eigenvalue weighted by Crippen LogP contribution is 2.24. The van der Waals surface area contributed by atoms with Crippen molar-refractivity contribution in [1.82, 2.24) is 14.7 Å². The lowest BCUT2D eigenvalue weighted by Gasteiger charge is -2.32. The predicted octanol–water partition coefficient (Wildman–Crippen LogP) is 4.05. The number of hydrogen-bond acceptors (Lipinski definition) is 2. The lowest BCUT2D eigenvalue weighted by molar-refractivity contribution is 0.164. The van der Waals surface area contributed by atoms with Crippen molar-refractivity contribution in [3.05, 3.63) is 30.0 Å². The molecule has 0 spiro atoms. The summed E-state index contributed by atoms with van der Waals surface area (Å²) in [6.07, 6.45) is 4.00. The fourth-order valence-electron chi connectivity index (χ4n) is 3.45. The van der Waals surface area contributed by atoms with E-state index in [1.165, 1.54) is 48.9 Å². The third-order valence-corrected chi connectivity index (χ3v) is 4.99. The molecule has 0 N–H and O–H groups in total. The van der Waals surface area contributed by atoms with Gasteiger partial charge >= 0.3 is 0 Å². The van der Waals surface area contributed by atoms with Crippen LogP contribution in [0.2, 0.25) is 0 Å². The van der Waals surface area contributed by atoms with Crippen molar-refractivity contribution in [3.63, 3.8) is 0 Å². The van der Waals surface area contributed by atoms with E-state index in [1.807, 2.05) is 0 Å². The fourth-order valence-corrected chi connectivity index (χ4v) is 4.10. The summed E-state index contributed by atoms with van der Waals surface area (Å²) in [5.74, 6) is 0.845. The van der Waals surface area contributed by atoms with Gasteiger partial charge in [0.15, 0.2) is 0 Å². The molecule has 1 aliphatic heterocycles. The number of likely N-dealkylation sites (tertiary alicyclic amines) is 1. The van der Waals surface area contributed by atoms with Crippen molar-refractivity contribution in [1.29, 1.82) is 0 Å². The Hall–Kier alpha value is -0.870. The van der Waals surface area contributed by atoms with Crippen LogP contribution < -0.4 is 0 Å². The number of aryl methyl sites for hydroxylation is 1. The number of piperidine rings is 1. The van der Waals surface area contributed by atoms with Gasteiger partial charge in [-0.3, -0.25) is 9.58 Å². The summed E-state index contributed by atoms with van der Waals surface area (Å²) in [6, 6.07) is 8.62. The van der Waals surface area contributed by atoms with Crippen molar-refractivity contribution >= 4 is 26.8 Å². The van der Waals surface area contributed by atoms with Gasteiger partial charge in [-0.1, -0.05) is 34.1 Å². The minimum Gasteiger partial charge on any atom is -0.297 e. The number of rotatable bonds is 5. The van der Waals surface area contributed by atoms with Gasteiger partial charge in [-0.2, -0.15) is 5.10 Å². The van der Waals surface area contributed by atoms with Crippen LogP contribution in [-0.2, 0) is 13.1 Å². The molecule has 1 fully saturated rings. The topological polar surface area (TPSA) is 21.1 Å². The molecule has 1 aromatic heterocycles. The number of alkyl halides is 1. The van der Waals surface area contributed by atoms with Crippen LogP contribution in [-0.4, -0.2) is 33.1 Å². The second kappa shape index (κ2) is 6.93. The van der Waals surface area contributed by atoms with Crippen LogP contribution in [0, 0.1) is 5.92 Å². The molecule has 1 atom stereocenters. The number of hydrogen-bond donors (Lipinski definition) is 0. The zero-order chi connectivity index (χ0) is 14.7. The molecule has 0 aliphatic carbocycles. The molecule has 2 heterocycles. The Balaban J connectivity index is 1.78. The number of fused-ring (bicyclic) bond motifs is 1. The summed E-state index contributed by atoms with van der Waals surface area (Å²) in [7, 11) is 0. The van der Waals surface area contributed by atoms with Gasteiger partial charge in [-0.05, 0) is 44.7 Å². The van der Waals surface area contributed by atoms with Gasteiger partial charge < -0.3 is 0 Å². The monoisotopic (exact) mass is 349 g/mol. The van der Waals surface area contributed by atoms with E-state index in [-0.39, 0.29) is 0 Å². The summed E-state index contributed by atoms with van der Waals surface area (Å²) >= 11 is 3.58. The first kappa shape index (κ1) is 15.0. The first-order valence-corrected chi connectivity index (χ1v) is 9.16. The van der Waals surface area contributed by atoms with E-state index in [4.69, 9.17) is 5.10 Å². The van der Waals surface area contributed by atoms with Crippen LogP contribution in [0.5, 0.6) is 0 Å². The van der Waals surface area contributed by atoms with Crippen LogP contribution in [0.4, 0.5) is 0 Å². The normalized spacial score (nSPS) is 20.2. The molecular weight excluding hydrogens is 326 g/mol. The summed E-state index contributed by atoms with van der Waals surface area (Å²) < 4.78 is 2.13. The first-order chi connectivity index (χ1) is 10.3. The van der Waals surface area contributed by atoms with E-state index >= 15 is 0 Å². The average molecular weight is 350 g/mol. The lowest BCUT2D eigenvalue weighted by Crippen LogP contribution is -2.35. The van der Waals surface area contributed by atoms with Crippen molar-refractivity contribution in [2.24, 2.45) is 5.92 Å². The van der Waals surface area contributed by atoms with Gasteiger partial charge in [0.25, 0.3) is 0 Å². The molecule has 114 valence electrons. The molecule has 4 heteroatoms. The maximum atomic E-state index is 4.84. The third-order valence-electron chi connectivity index (χ3n) is 4.53. The van der Waals surface area contributed by atoms with E-state index in [1.54, 1.807) is 0 Å². The molecule has 0 bridgehead atoms. The van der Waals surface area contributed by atoms with E-state index in [0.29, 0.717) is 0 Å². The maximum Gasteiger partial charge on any atom is 0.0843 e. The Kier molecular flexibility index (Phi) is 4.96. The minimum atomic E-state index is 0.845. The smallest absolute Gasteiger partial charge is 0.0843 e. The van der Waals surface area contributed by atoms with Crippen molar-refractivity contribution < 1.29 is 0 Å². The van der Waals surface area contributed by atoms with E-state index in [2.05, 4.69) is 56.7 Å². The predicted molar refractivity (Wildman–Crippen MR) is 91.8 cm³/mol. The molecule has 0 radical (unpaired) electrons. The lowest BCUT2D eigenvalue weighted by atomic mass is 9.95. The second-order valence-electron chi connectivity index (χ2n) is 6.00. The van der Waals surface area contributed by atoms with Gasteiger partial charge in [-0.15, -0.1) is 0 Å². The fraction of sp³-hybridized carbons (Fsp3) is 0.588. The summed E-state index contributed by atoms with van der Waals surface area (Å²) in [5.41, 5.74) is 2.51. The Morgan fingerprint density at radius 2 is 2.19 bits per heavy atom. The standard InChI is InChI=1S/C17H24BrN3/c1-2-21-17-8-4-3-7-15(17)16(19-21)13-20-11-5-6-14(12-20)9-10-18/h3-4,7-8,14H,2,5-6,9-13H2,1H3. The largest absolute Gasteiger partial charge is 0.297 e. The van der Waals surface area contributed by atoms with Gasteiger partial charge in [0.2, 0.25) is 0 Å². The number of para-hydroxylation sites is 1. The third kappa shape index (κ3) is 3.32. The second-order valence-corrected chi connectivity index (χ2v) is 6.79. The molecule has 21 heavy (non-hydrogen) atoms. The number of nitrogens with zero attached hydrogens (tertiary/aromatic N) is 3. The SMILES string of the molecule is CCn1nc(CN2CCCC(CCBr)C2)c2ccccc21.